The van der Waals surface area contributed by atoms with Crippen LogP contribution in [0.3, 0.4) is 0 Å². The number of hydrogen-bond donors (Lipinski definition) is 1. The summed E-state index contributed by atoms with van der Waals surface area (Å²) in [4.78, 5) is 25.7. The molecule has 23 heavy (non-hydrogen) atoms. The van der Waals surface area contributed by atoms with Crippen LogP contribution in [0.1, 0.15) is 10.5 Å². The number of H-pyrrole nitrogens is 1. The first-order valence-electron chi connectivity index (χ1n) is 6.43. The first-order chi connectivity index (χ1) is 10.9. The fourth-order valence-electron chi connectivity index (χ4n) is 2.26. The fraction of sp³-hybridized carbons (Fsp3) is 0.0667. The summed E-state index contributed by atoms with van der Waals surface area (Å²) in [6.45, 7) is 0. The molecule has 0 aliphatic heterocycles. The zero-order chi connectivity index (χ0) is 16.6. The molecule has 8 heteroatoms. The number of aromatic nitrogens is 2. The van der Waals surface area contributed by atoms with E-state index < -0.39 is 6.36 Å². The van der Waals surface area contributed by atoms with E-state index in [4.69, 9.17) is 0 Å². The molecule has 0 radical (unpaired) electrons. The highest BCUT2D eigenvalue weighted by atomic mass is 19.4. The van der Waals surface area contributed by atoms with Crippen LogP contribution in [0, 0.1) is 0 Å². The smallest absolute Gasteiger partial charge is 0.406 e. The minimum atomic E-state index is -4.78. The molecule has 1 aromatic carbocycles. The van der Waals surface area contributed by atoms with Gasteiger partial charge in [-0.25, -0.2) is 0 Å². The Balaban J connectivity index is 2.09. The molecule has 5 nitrogen and oxygen atoms in total. The molecule has 0 amide bonds. The van der Waals surface area contributed by atoms with Crippen molar-refractivity contribution in [2.75, 3.05) is 0 Å². The van der Waals surface area contributed by atoms with E-state index in [0.29, 0.717) is 23.0 Å². The number of alkyl halides is 3. The van der Waals surface area contributed by atoms with Crippen molar-refractivity contribution < 1.29 is 22.7 Å². The minimum Gasteiger partial charge on any atom is -0.406 e. The topological polar surface area (TPSA) is 64.1 Å². The maximum absolute atomic E-state index is 12.2. The third kappa shape index (κ3) is 2.96. The highest BCUT2D eigenvalue weighted by Crippen LogP contribution is 2.24. The number of ether oxygens (including phenoxy) is 1. The monoisotopic (exact) mass is 322 g/mol. The van der Waals surface area contributed by atoms with Gasteiger partial charge in [-0.3, -0.25) is 14.2 Å². The van der Waals surface area contributed by atoms with Crippen LogP contribution in [0.5, 0.6) is 5.75 Å². The average molecular weight is 322 g/mol. The number of nitrogens with one attached hydrogen (secondary N) is 1. The zero-order valence-electron chi connectivity index (χ0n) is 11.4. The van der Waals surface area contributed by atoms with Crippen LogP contribution in [-0.2, 0) is 0 Å². The van der Waals surface area contributed by atoms with Crippen LogP contribution in [0.15, 0.2) is 47.3 Å². The molecule has 0 aliphatic rings. The van der Waals surface area contributed by atoms with Gasteiger partial charge in [0, 0.05) is 11.5 Å². The lowest BCUT2D eigenvalue weighted by Gasteiger charge is -2.11. The number of nitrogens with zero attached hydrogens (tertiary/aromatic N) is 1. The zero-order valence-corrected chi connectivity index (χ0v) is 11.4. The summed E-state index contributed by atoms with van der Waals surface area (Å²) in [6, 6.07) is 9.30. The molecule has 0 bridgehead atoms. The van der Waals surface area contributed by atoms with E-state index in [-0.39, 0.29) is 17.0 Å². The van der Waals surface area contributed by atoms with E-state index in [9.17, 15) is 22.8 Å². The maximum Gasteiger partial charge on any atom is 0.573 e. The lowest BCUT2D eigenvalue weighted by atomic mass is 10.2. The Kier molecular flexibility index (Phi) is 3.44. The number of carbonyl (C=O) groups excluding carboxylic acids is 1. The number of pyridine rings is 1. The lowest BCUT2D eigenvalue weighted by Crippen LogP contribution is -2.18. The Labute approximate surface area is 126 Å². The minimum absolute atomic E-state index is 0.288. The fourth-order valence-corrected chi connectivity index (χ4v) is 2.26. The van der Waals surface area contributed by atoms with Crippen molar-refractivity contribution in [3.05, 3.63) is 58.5 Å². The maximum atomic E-state index is 12.2. The van der Waals surface area contributed by atoms with Crippen LogP contribution in [0.2, 0.25) is 0 Å². The lowest BCUT2D eigenvalue weighted by molar-refractivity contribution is -0.274. The summed E-state index contributed by atoms with van der Waals surface area (Å²) >= 11 is 0. The van der Waals surface area contributed by atoms with E-state index in [1.165, 1.54) is 22.8 Å². The normalized spacial score (nSPS) is 11.6. The first kappa shape index (κ1) is 14.9. The second kappa shape index (κ2) is 5.31. The third-order valence-corrected chi connectivity index (χ3v) is 3.15. The van der Waals surface area contributed by atoms with Crippen LogP contribution in [0.4, 0.5) is 13.2 Å². The number of rotatable bonds is 3. The molecule has 0 atom stereocenters. The number of hydrogen-bond acceptors (Lipinski definition) is 3. The Morgan fingerprint density at radius 1 is 1.09 bits per heavy atom. The van der Waals surface area contributed by atoms with Gasteiger partial charge in [-0.05, 0) is 36.4 Å². The van der Waals surface area contributed by atoms with Gasteiger partial charge < -0.3 is 9.72 Å². The van der Waals surface area contributed by atoms with Crippen molar-refractivity contribution in [3.63, 3.8) is 0 Å². The molecule has 0 unspecified atom stereocenters. The second-order valence-corrected chi connectivity index (χ2v) is 4.70. The molecule has 0 spiro atoms. The standard InChI is InChI=1S/C15H9F3N2O3/c16-15(17,18)23-12-4-2-11(3-5-12)20-13(22)6-1-9-7-10(8-21)19-14(9)20/h1-8,19H. The molecule has 2 aromatic heterocycles. The average Bonchev–Trinajstić information content (AvgIpc) is 2.90. The second-order valence-electron chi connectivity index (χ2n) is 4.70. The number of fused-ring (bicyclic) bond motifs is 1. The van der Waals surface area contributed by atoms with Gasteiger partial charge in [0.25, 0.3) is 5.56 Å². The molecule has 0 fully saturated rings. The molecule has 118 valence electrons. The van der Waals surface area contributed by atoms with Gasteiger partial charge in [0.15, 0.2) is 6.29 Å². The SMILES string of the molecule is O=Cc1cc2ccc(=O)n(-c3ccc(OC(F)(F)F)cc3)c2[nH]1. The van der Waals surface area contributed by atoms with Gasteiger partial charge in [-0.2, -0.15) is 0 Å². The number of aromatic amines is 1. The largest absolute Gasteiger partial charge is 0.573 e. The highest BCUT2D eigenvalue weighted by molar-refractivity contribution is 5.86. The summed E-state index contributed by atoms with van der Waals surface area (Å²) in [6.07, 6.45) is -4.17. The molecule has 2 heterocycles. The van der Waals surface area contributed by atoms with E-state index in [0.717, 1.165) is 12.1 Å². The van der Waals surface area contributed by atoms with E-state index in [1.807, 2.05) is 0 Å². The summed E-state index contributed by atoms with van der Waals surface area (Å²) in [7, 11) is 0. The van der Waals surface area contributed by atoms with Gasteiger partial charge in [-0.1, -0.05) is 0 Å². The van der Waals surface area contributed by atoms with E-state index >= 15 is 0 Å². The van der Waals surface area contributed by atoms with Crippen molar-refractivity contribution in [1.29, 1.82) is 0 Å². The van der Waals surface area contributed by atoms with Gasteiger partial charge >= 0.3 is 6.36 Å². The Hall–Kier alpha value is -3.03. The quantitative estimate of drug-likeness (QED) is 0.754. The van der Waals surface area contributed by atoms with E-state index in [2.05, 4.69) is 9.72 Å². The van der Waals surface area contributed by atoms with Crippen molar-refractivity contribution in [2.24, 2.45) is 0 Å². The van der Waals surface area contributed by atoms with Gasteiger partial charge in [0.05, 0.1) is 11.4 Å². The van der Waals surface area contributed by atoms with Gasteiger partial charge in [0.2, 0.25) is 0 Å². The Bertz CT molecular complexity index is 924. The van der Waals surface area contributed by atoms with Crippen LogP contribution >= 0.6 is 0 Å². The number of carbonyl (C=O) groups is 1. The molecule has 0 saturated heterocycles. The number of aldehydes is 1. The van der Waals surface area contributed by atoms with Crippen molar-refractivity contribution in [1.82, 2.24) is 9.55 Å². The molecular weight excluding hydrogens is 313 g/mol. The van der Waals surface area contributed by atoms with Gasteiger partial charge in [-0.15, -0.1) is 13.2 Å². The van der Waals surface area contributed by atoms with Crippen molar-refractivity contribution >= 4 is 17.3 Å². The highest BCUT2D eigenvalue weighted by Gasteiger charge is 2.31. The molecular formula is C15H9F3N2O3. The van der Waals surface area contributed by atoms with Crippen molar-refractivity contribution in [2.45, 2.75) is 6.36 Å². The number of benzene rings is 1. The van der Waals surface area contributed by atoms with Crippen LogP contribution in [-0.4, -0.2) is 22.2 Å². The Morgan fingerprint density at radius 2 is 1.78 bits per heavy atom. The Morgan fingerprint density at radius 3 is 2.39 bits per heavy atom. The predicted octanol–water partition coefficient (Wildman–Crippen LogP) is 3.03. The summed E-state index contributed by atoms with van der Waals surface area (Å²) in [5, 5.41) is 0.627. The van der Waals surface area contributed by atoms with Crippen molar-refractivity contribution in [3.8, 4) is 11.4 Å². The van der Waals surface area contributed by atoms with Crippen LogP contribution in [0.25, 0.3) is 16.7 Å². The van der Waals surface area contributed by atoms with Gasteiger partial charge in [0.1, 0.15) is 11.4 Å². The molecule has 3 rings (SSSR count). The molecule has 3 aromatic rings. The summed E-state index contributed by atoms with van der Waals surface area (Å²) in [5.74, 6) is -0.387. The third-order valence-electron chi connectivity index (χ3n) is 3.15. The summed E-state index contributed by atoms with van der Waals surface area (Å²) < 4.78 is 41.5. The predicted molar refractivity (Wildman–Crippen MR) is 76.0 cm³/mol. The number of halogens is 3. The molecule has 0 saturated carbocycles. The first-order valence-corrected chi connectivity index (χ1v) is 6.43. The summed E-state index contributed by atoms with van der Waals surface area (Å²) in [5.41, 5.74) is 0.621. The molecule has 1 N–H and O–H groups in total. The van der Waals surface area contributed by atoms with E-state index in [1.54, 1.807) is 12.1 Å². The molecule has 0 aliphatic carbocycles. The van der Waals surface area contributed by atoms with Crippen LogP contribution < -0.4 is 10.3 Å².